The number of hydroxylamine groups is 4. The SMILES string of the molecule is O=C(CCCCCCCCC(=O)ON1CCNCC1)ON1CCNCC1. The van der Waals surface area contributed by atoms with Gasteiger partial charge >= 0.3 is 11.9 Å². The molecule has 0 spiro atoms. The van der Waals surface area contributed by atoms with E-state index in [0.29, 0.717) is 12.8 Å². The van der Waals surface area contributed by atoms with E-state index in [2.05, 4.69) is 10.6 Å². The fraction of sp³-hybridized carbons (Fsp3) is 0.889. The number of hydrogen-bond donors (Lipinski definition) is 2. The molecule has 2 saturated heterocycles. The van der Waals surface area contributed by atoms with Crippen LogP contribution in [0, 0.1) is 0 Å². The Morgan fingerprint density at radius 2 is 0.962 bits per heavy atom. The minimum Gasteiger partial charge on any atom is -0.368 e. The molecule has 8 nitrogen and oxygen atoms in total. The Morgan fingerprint density at radius 3 is 1.35 bits per heavy atom. The number of piperazine rings is 2. The summed E-state index contributed by atoms with van der Waals surface area (Å²) in [6.07, 6.45) is 6.96. The Kier molecular flexibility index (Phi) is 10.6. The quantitative estimate of drug-likeness (QED) is 0.518. The molecule has 0 aliphatic carbocycles. The Morgan fingerprint density at radius 1 is 0.615 bits per heavy atom. The molecule has 0 atom stereocenters. The van der Waals surface area contributed by atoms with Crippen LogP contribution in [0.4, 0.5) is 0 Å². The monoisotopic (exact) mass is 370 g/mol. The maximum absolute atomic E-state index is 11.7. The van der Waals surface area contributed by atoms with E-state index < -0.39 is 0 Å². The second-order valence-corrected chi connectivity index (χ2v) is 6.91. The third-order valence-electron chi connectivity index (χ3n) is 4.63. The van der Waals surface area contributed by atoms with Gasteiger partial charge in [0.2, 0.25) is 0 Å². The fourth-order valence-corrected chi connectivity index (χ4v) is 3.10. The van der Waals surface area contributed by atoms with Crippen molar-refractivity contribution in [3.8, 4) is 0 Å². The third-order valence-corrected chi connectivity index (χ3v) is 4.63. The maximum Gasteiger partial charge on any atom is 0.325 e. The van der Waals surface area contributed by atoms with Gasteiger partial charge in [0.05, 0.1) is 0 Å². The van der Waals surface area contributed by atoms with Crippen LogP contribution in [0.3, 0.4) is 0 Å². The second kappa shape index (κ2) is 13.0. The molecule has 2 N–H and O–H groups in total. The molecule has 2 rings (SSSR count). The number of nitrogens with zero attached hydrogens (tertiary/aromatic N) is 2. The van der Waals surface area contributed by atoms with Crippen molar-refractivity contribution in [3.05, 3.63) is 0 Å². The molecule has 0 aromatic carbocycles. The zero-order chi connectivity index (χ0) is 18.5. The van der Waals surface area contributed by atoms with Gasteiger partial charge in [-0.3, -0.25) is 9.59 Å². The van der Waals surface area contributed by atoms with Crippen LogP contribution in [-0.2, 0) is 19.3 Å². The molecule has 0 saturated carbocycles. The number of unbranched alkanes of at least 4 members (excludes halogenated alkanes) is 5. The number of nitrogens with one attached hydrogen (secondary N) is 2. The highest BCUT2D eigenvalue weighted by Gasteiger charge is 2.15. The minimum atomic E-state index is -0.123. The number of hydrogen-bond acceptors (Lipinski definition) is 8. The van der Waals surface area contributed by atoms with Gasteiger partial charge < -0.3 is 20.3 Å². The van der Waals surface area contributed by atoms with Gasteiger partial charge in [-0.1, -0.05) is 25.7 Å². The lowest BCUT2D eigenvalue weighted by atomic mass is 10.1. The van der Waals surface area contributed by atoms with Crippen molar-refractivity contribution < 1.29 is 19.3 Å². The average molecular weight is 370 g/mol. The Balaban J connectivity index is 1.36. The summed E-state index contributed by atoms with van der Waals surface area (Å²) in [5.74, 6) is -0.245. The first kappa shape index (κ1) is 21.1. The third kappa shape index (κ3) is 9.47. The average Bonchev–Trinajstić information content (AvgIpc) is 2.65. The van der Waals surface area contributed by atoms with Gasteiger partial charge in [0.1, 0.15) is 0 Å². The lowest BCUT2D eigenvalue weighted by molar-refractivity contribution is -0.193. The summed E-state index contributed by atoms with van der Waals surface area (Å²) in [7, 11) is 0. The summed E-state index contributed by atoms with van der Waals surface area (Å²) < 4.78 is 0. The summed E-state index contributed by atoms with van der Waals surface area (Å²) in [6.45, 7) is 6.55. The predicted octanol–water partition coefficient (Wildman–Crippen LogP) is 0.834. The molecular weight excluding hydrogens is 336 g/mol. The standard InChI is InChI=1S/C18H34N4O4/c23-17(25-21-13-9-19-10-14-21)7-5-3-1-2-4-6-8-18(24)26-22-15-11-20-12-16-22/h19-20H,1-16H2. The van der Waals surface area contributed by atoms with Crippen LogP contribution in [-0.4, -0.2) is 74.4 Å². The minimum absolute atomic E-state index is 0.123. The van der Waals surface area contributed by atoms with Crippen LogP contribution >= 0.6 is 0 Å². The summed E-state index contributed by atoms with van der Waals surface area (Å²) in [5, 5.41) is 9.95. The molecule has 0 bridgehead atoms. The topological polar surface area (TPSA) is 83.1 Å². The van der Waals surface area contributed by atoms with E-state index in [9.17, 15) is 9.59 Å². The van der Waals surface area contributed by atoms with Crippen LogP contribution in [0.5, 0.6) is 0 Å². The number of rotatable bonds is 11. The molecule has 0 radical (unpaired) electrons. The van der Waals surface area contributed by atoms with Gasteiger partial charge in [0.25, 0.3) is 0 Å². The fourth-order valence-electron chi connectivity index (χ4n) is 3.10. The number of carbonyl (C=O) groups is 2. The maximum atomic E-state index is 11.7. The van der Waals surface area contributed by atoms with E-state index in [1.165, 1.54) is 0 Å². The molecule has 0 unspecified atom stereocenters. The first-order valence-electron chi connectivity index (χ1n) is 10.1. The van der Waals surface area contributed by atoms with Gasteiger partial charge in [0, 0.05) is 65.2 Å². The van der Waals surface area contributed by atoms with Crippen molar-refractivity contribution in [2.24, 2.45) is 0 Å². The van der Waals surface area contributed by atoms with Crippen LogP contribution in [0.15, 0.2) is 0 Å². The second-order valence-electron chi connectivity index (χ2n) is 6.91. The van der Waals surface area contributed by atoms with Crippen LogP contribution in [0.2, 0.25) is 0 Å². The molecular formula is C18H34N4O4. The van der Waals surface area contributed by atoms with E-state index in [1.54, 1.807) is 10.1 Å². The molecule has 150 valence electrons. The first-order chi connectivity index (χ1) is 12.7. The summed E-state index contributed by atoms with van der Waals surface area (Å²) in [5.41, 5.74) is 0. The Labute approximate surface area is 156 Å². The van der Waals surface area contributed by atoms with Gasteiger partial charge in [-0.25, -0.2) is 0 Å². The molecule has 26 heavy (non-hydrogen) atoms. The molecule has 2 aliphatic rings. The predicted molar refractivity (Wildman–Crippen MR) is 98.0 cm³/mol. The normalized spacial score (nSPS) is 19.2. The molecule has 0 aromatic rings. The smallest absolute Gasteiger partial charge is 0.325 e. The molecule has 2 aliphatic heterocycles. The van der Waals surface area contributed by atoms with Gasteiger partial charge in [-0.05, 0) is 12.8 Å². The van der Waals surface area contributed by atoms with Crippen molar-refractivity contribution in [2.45, 2.75) is 51.4 Å². The largest absolute Gasteiger partial charge is 0.368 e. The molecule has 0 amide bonds. The van der Waals surface area contributed by atoms with Crippen LogP contribution in [0.25, 0.3) is 0 Å². The van der Waals surface area contributed by atoms with E-state index >= 15 is 0 Å². The molecule has 2 fully saturated rings. The summed E-state index contributed by atoms with van der Waals surface area (Å²) in [4.78, 5) is 34.1. The molecule has 8 heteroatoms. The zero-order valence-electron chi connectivity index (χ0n) is 15.8. The first-order valence-corrected chi connectivity index (χ1v) is 10.1. The highest BCUT2D eigenvalue weighted by molar-refractivity contribution is 5.69. The highest BCUT2D eigenvalue weighted by atomic mass is 16.7. The van der Waals surface area contributed by atoms with E-state index in [-0.39, 0.29) is 11.9 Å². The lowest BCUT2D eigenvalue weighted by Crippen LogP contribution is -2.44. The van der Waals surface area contributed by atoms with Crippen LogP contribution in [0.1, 0.15) is 51.4 Å². The summed E-state index contributed by atoms with van der Waals surface area (Å²) in [6, 6.07) is 0. The zero-order valence-corrected chi connectivity index (χ0v) is 15.8. The van der Waals surface area contributed by atoms with Gasteiger partial charge in [0.15, 0.2) is 0 Å². The van der Waals surface area contributed by atoms with Crippen molar-refractivity contribution in [1.29, 1.82) is 0 Å². The summed E-state index contributed by atoms with van der Waals surface area (Å²) >= 11 is 0. The van der Waals surface area contributed by atoms with E-state index in [0.717, 1.165) is 90.9 Å². The number of carbonyl (C=O) groups excluding carboxylic acids is 2. The van der Waals surface area contributed by atoms with Gasteiger partial charge in [-0.2, -0.15) is 0 Å². The lowest BCUT2D eigenvalue weighted by Gasteiger charge is -2.25. The van der Waals surface area contributed by atoms with E-state index in [1.807, 2.05) is 0 Å². The molecule has 0 aromatic heterocycles. The Hall–Kier alpha value is -1.22. The molecule has 2 heterocycles. The van der Waals surface area contributed by atoms with Crippen LogP contribution < -0.4 is 10.6 Å². The van der Waals surface area contributed by atoms with E-state index in [4.69, 9.17) is 9.68 Å². The van der Waals surface area contributed by atoms with Crippen molar-refractivity contribution in [3.63, 3.8) is 0 Å². The van der Waals surface area contributed by atoms with Crippen molar-refractivity contribution >= 4 is 11.9 Å². The van der Waals surface area contributed by atoms with Crippen molar-refractivity contribution in [1.82, 2.24) is 20.8 Å². The Bertz CT molecular complexity index is 372. The highest BCUT2D eigenvalue weighted by Crippen LogP contribution is 2.10. The van der Waals surface area contributed by atoms with Crippen molar-refractivity contribution in [2.75, 3.05) is 52.4 Å². The van der Waals surface area contributed by atoms with Gasteiger partial charge in [-0.15, -0.1) is 10.1 Å².